The summed E-state index contributed by atoms with van der Waals surface area (Å²) in [6, 6.07) is 14.2. The number of ether oxygens (including phenoxy) is 1. The average Bonchev–Trinajstić information content (AvgIpc) is 3.53. The van der Waals surface area contributed by atoms with Gasteiger partial charge >= 0.3 is 0 Å². The van der Waals surface area contributed by atoms with E-state index in [4.69, 9.17) is 16.3 Å². The molecule has 2 saturated heterocycles. The summed E-state index contributed by atoms with van der Waals surface area (Å²) in [5, 5.41) is 4.83. The number of pyridine rings is 1. The number of hydrogen-bond acceptors (Lipinski definition) is 7. The van der Waals surface area contributed by atoms with Gasteiger partial charge in [-0.15, -0.1) is 11.3 Å². The van der Waals surface area contributed by atoms with E-state index in [0.29, 0.717) is 59.9 Å². The number of alkyl halides is 2. The maximum atomic E-state index is 14.7. The second-order valence-electron chi connectivity index (χ2n) is 14.0. The zero-order valence-electron chi connectivity index (χ0n) is 29.3. The molecule has 2 fully saturated rings. The van der Waals surface area contributed by atoms with E-state index >= 15 is 0 Å². The predicted molar refractivity (Wildman–Crippen MR) is 203 cm³/mol. The summed E-state index contributed by atoms with van der Waals surface area (Å²) >= 11 is 7.03. The van der Waals surface area contributed by atoms with Gasteiger partial charge in [0.2, 0.25) is 0 Å². The number of benzene rings is 3. The molecule has 5 heterocycles. The summed E-state index contributed by atoms with van der Waals surface area (Å²) in [5.74, 6) is -3.99. The van der Waals surface area contributed by atoms with Crippen LogP contribution in [-0.2, 0) is 11.2 Å². The lowest BCUT2D eigenvalue weighted by molar-refractivity contribution is -0.000523. The molecule has 56 heavy (non-hydrogen) atoms. The smallest absolute Gasteiger partial charge is 0.265 e. The SMILES string of the molecule is O=C(Nc1c(F)cc(F)cc1Cl)c1cc2c(s1)-c1ccc(F)cc1N(C(=O)c1ccc(NC(=O)c3cc(C(F)F)cnc3N3CC4(CCOCC4)C3)cc1)CC2. The quantitative estimate of drug-likeness (QED) is 0.159. The van der Waals surface area contributed by atoms with Crippen LogP contribution in [0, 0.1) is 22.9 Å². The molecule has 0 saturated carbocycles. The lowest BCUT2D eigenvalue weighted by atomic mass is 9.73. The Kier molecular flexibility index (Phi) is 10.0. The fraction of sp³-hybridized carbons (Fsp3) is 0.250. The van der Waals surface area contributed by atoms with Crippen molar-refractivity contribution in [3.63, 3.8) is 0 Å². The number of amides is 3. The van der Waals surface area contributed by atoms with E-state index in [1.807, 2.05) is 4.90 Å². The lowest BCUT2D eigenvalue weighted by Gasteiger charge is -2.53. The molecular weight excluding hydrogens is 777 g/mol. The first-order chi connectivity index (χ1) is 26.9. The van der Waals surface area contributed by atoms with Gasteiger partial charge in [0.25, 0.3) is 24.1 Å². The highest BCUT2D eigenvalue weighted by Gasteiger charge is 2.45. The molecular formula is C40H31ClF5N5O4S. The second kappa shape index (κ2) is 14.9. The van der Waals surface area contributed by atoms with E-state index in [2.05, 4.69) is 15.6 Å². The van der Waals surface area contributed by atoms with Gasteiger partial charge in [0, 0.05) is 77.8 Å². The van der Waals surface area contributed by atoms with Crippen LogP contribution in [0.4, 0.5) is 44.8 Å². The summed E-state index contributed by atoms with van der Waals surface area (Å²) in [5.41, 5.74) is 1.29. The van der Waals surface area contributed by atoms with Crippen molar-refractivity contribution < 1.29 is 41.1 Å². The van der Waals surface area contributed by atoms with Crippen LogP contribution in [0.3, 0.4) is 0 Å². The van der Waals surface area contributed by atoms with Crippen molar-refractivity contribution in [2.24, 2.45) is 5.41 Å². The van der Waals surface area contributed by atoms with E-state index < -0.39 is 41.6 Å². The number of nitrogens with zero attached hydrogens (tertiary/aromatic N) is 3. The van der Waals surface area contributed by atoms with Crippen molar-refractivity contribution in [3.05, 3.63) is 123 Å². The maximum Gasteiger partial charge on any atom is 0.265 e. The monoisotopic (exact) mass is 807 g/mol. The first-order valence-electron chi connectivity index (χ1n) is 17.6. The molecule has 5 aromatic rings. The van der Waals surface area contributed by atoms with Gasteiger partial charge in [-0.05, 0) is 85.5 Å². The molecule has 3 aliphatic rings. The van der Waals surface area contributed by atoms with Gasteiger partial charge in [-0.25, -0.2) is 26.9 Å². The molecule has 9 nitrogen and oxygen atoms in total. The molecule has 2 aromatic heterocycles. The van der Waals surface area contributed by atoms with Crippen LogP contribution in [0.1, 0.15) is 60.8 Å². The number of fused-ring (bicyclic) bond motifs is 3. The molecule has 3 aliphatic heterocycles. The zero-order chi connectivity index (χ0) is 39.3. The number of halogens is 6. The Morgan fingerprint density at radius 1 is 0.893 bits per heavy atom. The van der Waals surface area contributed by atoms with E-state index in [-0.39, 0.29) is 56.3 Å². The fourth-order valence-corrected chi connectivity index (χ4v) is 8.75. The van der Waals surface area contributed by atoms with Crippen molar-refractivity contribution in [2.45, 2.75) is 25.7 Å². The van der Waals surface area contributed by atoms with Gasteiger partial charge in [0.1, 0.15) is 17.5 Å². The molecule has 0 aliphatic carbocycles. The predicted octanol–water partition coefficient (Wildman–Crippen LogP) is 9.14. The highest BCUT2D eigenvalue weighted by atomic mass is 35.5. The van der Waals surface area contributed by atoms with Crippen LogP contribution >= 0.6 is 22.9 Å². The summed E-state index contributed by atoms with van der Waals surface area (Å²) < 4.78 is 75.5. The molecule has 16 heteroatoms. The number of nitrogens with one attached hydrogen (secondary N) is 2. The largest absolute Gasteiger partial charge is 0.381 e. The number of rotatable bonds is 7. The minimum atomic E-state index is -2.82. The Morgan fingerprint density at radius 3 is 2.36 bits per heavy atom. The standard InChI is InChI=1S/C40H31ClF5N5O4S/c41-29-15-25(43)16-30(44)33(29)49-38(53)32-14-22-7-10-51(31-17-24(42)3-6-27(31)34(22)56-32)39(54)21-1-4-26(5-2-21)48-37(52)28-13-23(35(45)46)18-47-36(28)50-19-40(20-50)8-11-55-12-9-40/h1-6,13-18,35H,7-12,19-20H2,(H,48,52)(H,49,53). The van der Waals surface area contributed by atoms with Crippen molar-refractivity contribution in [1.29, 1.82) is 0 Å². The third-order valence-electron chi connectivity index (χ3n) is 10.3. The average molecular weight is 808 g/mol. The molecule has 1 spiro atoms. The third kappa shape index (κ3) is 7.21. The van der Waals surface area contributed by atoms with Gasteiger partial charge in [-0.1, -0.05) is 11.6 Å². The summed E-state index contributed by atoms with van der Waals surface area (Å²) in [4.78, 5) is 49.1. The third-order valence-corrected chi connectivity index (χ3v) is 11.8. The Hall–Kier alpha value is -5.38. The van der Waals surface area contributed by atoms with Gasteiger partial charge in [-0.2, -0.15) is 0 Å². The van der Waals surface area contributed by atoms with Crippen molar-refractivity contribution in [3.8, 4) is 10.4 Å². The minimum absolute atomic E-state index is 0.00702. The molecule has 0 unspecified atom stereocenters. The first-order valence-corrected chi connectivity index (χ1v) is 18.8. The van der Waals surface area contributed by atoms with Crippen LogP contribution in [0.2, 0.25) is 5.02 Å². The van der Waals surface area contributed by atoms with Crippen molar-refractivity contribution in [2.75, 3.05) is 53.3 Å². The molecule has 3 amide bonds. The molecule has 0 bridgehead atoms. The molecule has 3 aromatic carbocycles. The zero-order valence-corrected chi connectivity index (χ0v) is 30.9. The number of thiophene rings is 1. The Bertz CT molecular complexity index is 2360. The highest BCUT2D eigenvalue weighted by molar-refractivity contribution is 7.17. The van der Waals surface area contributed by atoms with Crippen LogP contribution in [0.5, 0.6) is 0 Å². The van der Waals surface area contributed by atoms with E-state index in [1.165, 1.54) is 47.4 Å². The first kappa shape index (κ1) is 37.5. The van der Waals surface area contributed by atoms with Crippen molar-refractivity contribution in [1.82, 2.24) is 4.98 Å². The van der Waals surface area contributed by atoms with Gasteiger partial charge < -0.3 is 25.2 Å². The summed E-state index contributed by atoms with van der Waals surface area (Å²) in [6.45, 7) is 2.68. The Morgan fingerprint density at radius 2 is 1.64 bits per heavy atom. The molecule has 2 N–H and O–H groups in total. The van der Waals surface area contributed by atoms with Gasteiger partial charge in [-0.3, -0.25) is 14.4 Å². The number of hydrogen-bond donors (Lipinski definition) is 2. The van der Waals surface area contributed by atoms with E-state index in [0.717, 1.165) is 42.5 Å². The van der Waals surface area contributed by atoms with Gasteiger partial charge in [0.05, 0.1) is 26.8 Å². The number of carbonyl (C=O) groups excluding carboxylic acids is 3. The number of carbonyl (C=O) groups is 3. The Balaban J connectivity index is 1.000. The number of aromatic nitrogens is 1. The second-order valence-corrected chi connectivity index (χ2v) is 15.4. The Labute approximate surface area is 326 Å². The fourth-order valence-electron chi connectivity index (χ4n) is 7.37. The minimum Gasteiger partial charge on any atom is -0.381 e. The molecule has 0 radical (unpaired) electrons. The molecule has 288 valence electrons. The maximum absolute atomic E-state index is 14.7. The van der Waals surface area contributed by atoms with Crippen LogP contribution < -0.4 is 20.4 Å². The normalized spacial score (nSPS) is 15.8. The van der Waals surface area contributed by atoms with Gasteiger partial charge in [0.15, 0.2) is 5.82 Å². The van der Waals surface area contributed by atoms with E-state index in [9.17, 15) is 36.3 Å². The molecule has 8 rings (SSSR count). The van der Waals surface area contributed by atoms with Crippen LogP contribution in [-0.4, -0.2) is 55.6 Å². The highest BCUT2D eigenvalue weighted by Crippen LogP contribution is 2.44. The van der Waals surface area contributed by atoms with Crippen LogP contribution in [0.15, 0.2) is 72.9 Å². The summed E-state index contributed by atoms with van der Waals surface area (Å²) in [6.07, 6.45) is 0.285. The van der Waals surface area contributed by atoms with E-state index in [1.54, 1.807) is 6.07 Å². The molecule has 0 atom stereocenters. The summed E-state index contributed by atoms with van der Waals surface area (Å²) in [7, 11) is 0. The topological polar surface area (TPSA) is 104 Å². The van der Waals surface area contributed by atoms with Crippen LogP contribution in [0.25, 0.3) is 10.4 Å². The lowest BCUT2D eigenvalue weighted by Crippen LogP contribution is -2.59. The number of anilines is 4. The van der Waals surface area contributed by atoms with Crippen molar-refractivity contribution >= 4 is 63.5 Å².